The molecule has 0 aliphatic heterocycles. The Hall–Kier alpha value is -1.84. The summed E-state index contributed by atoms with van der Waals surface area (Å²) < 4.78 is 0. The number of fused-ring (bicyclic) bond motifs is 1. The van der Waals surface area contributed by atoms with E-state index in [1.807, 2.05) is 6.92 Å². The van der Waals surface area contributed by atoms with Crippen molar-refractivity contribution < 1.29 is 9.59 Å². The predicted octanol–water partition coefficient (Wildman–Crippen LogP) is 2.42. The summed E-state index contributed by atoms with van der Waals surface area (Å²) in [7, 11) is 0. The van der Waals surface area contributed by atoms with Crippen molar-refractivity contribution in [2.45, 2.75) is 26.2 Å². The first-order valence-corrected chi connectivity index (χ1v) is 7.36. The van der Waals surface area contributed by atoms with E-state index in [2.05, 4.69) is 10.6 Å². The molecule has 2 aliphatic rings. The Morgan fingerprint density at radius 1 is 1.10 bits per heavy atom. The van der Waals surface area contributed by atoms with Gasteiger partial charge in [-0.2, -0.15) is 0 Å². The first-order valence-electron chi connectivity index (χ1n) is 7.36. The highest BCUT2D eigenvalue weighted by molar-refractivity contribution is 5.96. The molecule has 4 heteroatoms. The summed E-state index contributed by atoms with van der Waals surface area (Å²) in [6, 6.07) is 7.07. The SMILES string of the molecule is CCNC(=O)c1ccc(NC(=O)C2CC3CC3C2)cc1. The summed E-state index contributed by atoms with van der Waals surface area (Å²) in [5.74, 6) is 1.85. The fourth-order valence-electron chi connectivity index (χ4n) is 3.14. The number of hydrogen-bond donors (Lipinski definition) is 2. The molecule has 0 heterocycles. The minimum Gasteiger partial charge on any atom is -0.352 e. The van der Waals surface area contributed by atoms with Gasteiger partial charge in [-0.05, 0) is 62.3 Å². The first-order chi connectivity index (χ1) is 9.67. The van der Waals surface area contributed by atoms with Crippen LogP contribution in [0, 0.1) is 17.8 Å². The van der Waals surface area contributed by atoms with E-state index in [4.69, 9.17) is 0 Å². The van der Waals surface area contributed by atoms with Gasteiger partial charge in [0.25, 0.3) is 5.91 Å². The molecule has 20 heavy (non-hydrogen) atoms. The van der Waals surface area contributed by atoms with E-state index < -0.39 is 0 Å². The van der Waals surface area contributed by atoms with Gasteiger partial charge in [-0.15, -0.1) is 0 Å². The van der Waals surface area contributed by atoms with E-state index in [1.165, 1.54) is 6.42 Å². The number of amides is 2. The molecular weight excluding hydrogens is 252 g/mol. The third-order valence-corrected chi connectivity index (χ3v) is 4.37. The molecule has 1 aromatic carbocycles. The molecule has 2 unspecified atom stereocenters. The molecule has 3 rings (SSSR count). The lowest BCUT2D eigenvalue weighted by molar-refractivity contribution is -0.120. The third kappa shape index (κ3) is 2.69. The monoisotopic (exact) mass is 272 g/mol. The second-order valence-corrected chi connectivity index (χ2v) is 5.85. The maximum atomic E-state index is 12.1. The van der Waals surface area contributed by atoms with Crippen molar-refractivity contribution >= 4 is 17.5 Å². The van der Waals surface area contributed by atoms with Gasteiger partial charge < -0.3 is 10.6 Å². The van der Waals surface area contributed by atoms with Crippen molar-refractivity contribution in [3.05, 3.63) is 29.8 Å². The summed E-state index contributed by atoms with van der Waals surface area (Å²) in [5, 5.41) is 5.70. The first kappa shape index (κ1) is 13.2. The van der Waals surface area contributed by atoms with E-state index in [0.717, 1.165) is 30.4 Å². The average molecular weight is 272 g/mol. The largest absolute Gasteiger partial charge is 0.352 e. The van der Waals surface area contributed by atoms with Crippen LogP contribution in [0.25, 0.3) is 0 Å². The molecule has 0 radical (unpaired) electrons. The molecule has 2 N–H and O–H groups in total. The molecule has 4 nitrogen and oxygen atoms in total. The standard InChI is InChI=1S/C16H20N2O2/c1-2-17-15(19)10-3-5-14(6-4-10)18-16(20)13-8-11-7-12(11)9-13/h3-6,11-13H,2,7-9H2,1H3,(H,17,19)(H,18,20). The van der Waals surface area contributed by atoms with Crippen LogP contribution in [-0.4, -0.2) is 18.4 Å². The number of benzene rings is 1. The molecule has 0 saturated heterocycles. The van der Waals surface area contributed by atoms with E-state index in [1.54, 1.807) is 24.3 Å². The minimum absolute atomic E-state index is 0.0822. The maximum absolute atomic E-state index is 12.1. The molecule has 0 aromatic heterocycles. The van der Waals surface area contributed by atoms with Crippen LogP contribution in [0.5, 0.6) is 0 Å². The Labute approximate surface area is 118 Å². The molecule has 2 saturated carbocycles. The van der Waals surface area contributed by atoms with Crippen molar-refractivity contribution in [1.29, 1.82) is 0 Å². The van der Waals surface area contributed by atoms with Crippen LogP contribution in [0.1, 0.15) is 36.5 Å². The van der Waals surface area contributed by atoms with Crippen molar-refractivity contribution in [3.8, 4) is 0 Å². The lowest BCUT2D eigenvalue weighted by Gasteiger charge is -2.12. The number of nitrogens with one attached hydrogen (secondary N) is 2. The Morgan fingerprint density at radius 3 is 2.35 bits per heavy atom. The molecule has 0 spiro atoms. The van der Waals surface area contributed by atoms with E-state index in [9.17, 15) is 9.59 Å². The fraction of sp³-hybridized carbons (Fsp3) is 0.500. The highest BCUT2D eigenvalue weighted by Gasteiger charge is 2.47. The van der Waals surface area contributed by atoms with Gasteiger partial charge in [-0.3, -0.25) is 9.59 Å². The zero-order valence-electron chi connectivity index (χ0n) is 11.7. The number of carbonyl (C=O) groups excluding carboxylic acids is 2. The minimum atomic E-state index is -0.0822. The van der Waals surface area contributed by atoms with Gasteiger partial charge in [0, 0.05) is 23.7 Å². The molecule has 106 valence electrons. The smallest absolute Gasteiger partial charge is 0.251 e. The summed E-state index contributed by atoms with van der Waals surface area (Å²) >= 11 is 0. The van der Waals surface area contributed by atoms with Crippen LogP contribution in [0.15, 0.2) is 24.3 Å². The molecule has 2 amide bonds. The lowest BCUT2D eigenvalue weighted by atomic mass is 10.0. The van der Waals surface area contributed by atoms with Gasteiger partial charge in [0.2, 0.25) is 5.91 Å². The normalized spacial score (nSPS) is 26.8. The van der Waals surface area contributed by atoms with Gasteiger partial charge in [0.05, 0.1) is 0 Å². The van der Waals surface area contributed by atoms with Crippen molar-refractivity contribution in [2.24, 2.45) is 17.8 Å². The Balaban J connectivity index is 1.57. The second kappa shape index (κ2) is 5.27. The van der Waals surface area contributed by atoms with Gasteiger partial charge >= 0.3 is 0 Å². The van der Waals surface area contributed by atoms with Gasteiger partial charge in [-0.25, -0.2) is 0 Å². The molecule has 0 bridgehead atoms. The fourth-order valence-corrected chi connectivity index (χ4v) is 3.14. The zero-order chi connectivity index (χ0) is 14.1. The Kier molecular flexibility index (Phi) is 3.47. The number of carbonyl (C=O) groups is 2. The Morgan fingerprint density at radius 2 is 1.75 bits per heavy atom. The van der Waals surface area contributed by atoms with Crippen LogP contribution < -0.4 is 10.6 Å². The van der Waals surface area contributed by atoms with Crippen molar-refractivity contribution in [2.75, 3.05) is 11.9 Å². The third-order valence-electron chi connectivity index (χ3n) is 4.37. The number of hydrogen-bond acceptors (Lipinski definition) is 2. The highest BCUT2D eigenvalue weighted by Crippen LogP contribution is 2.54. The van der Waals surface area contributed by atoms with Crippen LogP contribution in [0.3, 0.4) is 0 Å². The molecule has 2 atom stereocenters. The van der Waals surface area contributed by atoms with E-state index in [-0.39, 0.29) is 17.7 Å². The summed E-state index contributed by atoms with van der Waals surface area (Å²) in [6.45, 7) is 2.50. The quantitative estimate of drug-likeness (QED) is 0.884. The lowest BCUT2D eigenvalue weighted by Crippen LogP contribution is -2.23. The Bertz CT molecular complexity index is 514. The van der Waals surface area contributed by atoms with E-state index in [0.29, 0.717) is 12.1 Å². The topological polar surface area (TPSA) is 58.2 Å². The molecule has 1 aromatic rings. The van der Waals surface area contributed by atoms with Crippen LogP contribution in [0.4, 0.5) is 5.69 Å². The highest BCUT2D eigenvalue weighted by atomic mass is 16.2. The van der Waals surface area contributed by atoms with Crippen LogP contribution in [0.2, 0.25) is 0 Å². The second-order valence-electron chi connectivity index (χ2n) is 5.85. The molecule has 2 fully saturated rings. The zero-order valence-corrected chi connectivity index (χ0v) is 11.7. The van der Waals surface area contributed by atoms with Crippen molar-refractivity contribution in [1.82, 2.24) is 5.32 Å². The average Bonchev–Trinajstić information content (AvgIpc) is 3.06. The summed E-state index contributed by atoms with van der Waals surface area (Å²) in [5.41, 5.74) is 1.38. The van der Waals surface area contributed by atoms with Crippen LogP contribution >= 0.6 is 0 Å². The number of anilines is 1. The molecule has 2 aliphatic carbocycles. The summed E-state index contributed by atoms with van der Waals surface area (Å²) in [4.78, 5) is 23.7. The summed E-state index contributed by atoms with van der Waals surface area (Å²) in [6.07, 6.45) is 3.42. The maximum Gasteiger partial charge on any atom is 0.251 e. The predicted molar refractivity (Wildman–Crippen MR) is 77.4 cm³/mol. The van der Waals surface area contributed by atoms with Crippen LogP contribution in [-0.2, 0) is 4.79 Å². The van der Waals surface area contributed by atoms with Gasteiger partial charge in [0.1, 0.15) is 0 Å². The van der Waals surface area contributed by atoms with Gasteiger partial charge in [0.15, 0.2) is 0 Å². The van der Waals surface area contributed by atoms with E-state index >= 15 is 0 Å². The van der Waals surface area contributed by atoms with Crippen molar-refractivity contribution in [3.63, 3.8) is 0 Å². The van der Waals surface area contributed by atoms with Gasteiger partial charge in [-0.1, -0.05) is 0 Å². The number of rotatable bonds is 4. The molecular formula is C16H20N2O2.